The number of anilines is 1. The van der Waals surface area contributed by atoms with Crippen molar-refractivity contribution in [3.63, 3.8) is 0 Å². The summed E-state index contributed by atoms with van der Waals surface area (Å²) in [7, 11) is -3.71. The van der Waals surface area contributed by atoms with Gasteiger partial charge in [0, 0.05) is 28.1 Å². The first-order chi connectivity index (χ1) is 9.82. The predicted molar refractivity (Wildman–Crippen MR) is 88.5 cm³/mol. The van der Waals surface area contributed by atoms with Gasteiger partial charge in [0.1, 0.15) is 10.7 Å². The van der Waals surface area contributed by atoms with E-state index in [-0.39, 0.29) is 16.8 Å². The van der Waals surface area contributed by atoms with Gasteiger partial charge >= 0.3 is 0 Å². The molecule has 0 bridgehead atoms. The van der Waals surface area contributed by atoms with E-state index in [9.17, 15) is 8.42 Å². The Morgan fingerprint density at radius 3 is 2.76 bits per heavy atom. The van der Waals surface area contributed by atoms with Crippen LogP contribution in [0.15, 0.2) is 39.1 Å². The van der Waals surface area contributed by atoms with Gasteiger partial charge in [0.2, 0.25) is 10.0 Å². The summed E-state index contributed by atoms with van der Waals surface area (Å²) in [6, 6.07) is 5.12. The summed E-state index contributed by atoms with van der Waals surface area (Å²) in [5.74, 6) is 0.00929. The van der Waals surface area contributed by atoms with Crippen molar-refractivity contribution < 1.29 is 8.42 Å². The molecule has 0 fully saturated rings. The van der Waals surface area contributed by atoms with Gasteiger partial charge in [-0.05, 0) is 47.3 Å². The van der Waals surface area contributed by atoms with Gasteiger partial charge in [0.25, 0.3) is 0 Å². The van der Waals surface area contributed by atoms with Crippen LogP contribution in [0.4, 0.5) is 5.82 Å². The second kappa shape index (κ2) is 6.43. The third kappa shape index (κ3) is 3.63. The van der Waals surface area contributed by atoms with Crippen LogP contribution in [-0.2, 0) is 16.6 Å². The van der Waals surface area contributed by atoms with Crippen LogP contribution in [0, 0.1) is 0 Å². The standard InChI is InChI=1S/C13H16BrN3O2S2/c1-9(2)17(8-11-4-3-5-20-11)21(18,19)12-6-10(14)7-16-13(12)15/h3-7,9H,8H2,1-2H3,(H2,15,16). The quantitative estimate of drug-likeness (QED) is 0.851. The maximum atomic E-state index is 12.9. The predicted octanol–water partition coefficient (Wildman–Crippen LogP) is 3.09. The molecule has 0 saturated carbocycles. The second-order valence-corrected chi connectivity index (χ2v) is 8.57. The molecular formula is C13H16BrN3O2S2. The highest BCUT2D eigenvalue weighted by molar-refractivity contribution is 9.10. The molecule has 0 saturated heterocycles. The molecule has 2 rings (SSSR count). The highest BCUT2D eigenvalue weighted by Gasteiger charge is 2.30. The van der Waals surface area contributed by atoms with E-state index in [1.54, 1.807) is 0 Å². The summed E-state index contributed by atoms with van der Waals surface area (Å²) in [5, 5.41) is 1.93. The monoisotopic (exact) mass is 389 g/mol. The molecule has 0 atom stereocenters. The van der Waals surface area contributed by atoms with E-state index < -0.39 is 10.0 Å². The molecule has 8 heteroatoms. The molecule has 0 aliphatic rings. The van der Waals surface area contributed by atoms with Crippen molar-refractivity contribution in [1.29, 1.82) is 0 Å². The number of pyridine rings is 1. The summed E-state index contributed by atoms with van der Waals surface area (Å²) < 4.78 is 27.7. The van der Waals surface area contributed by atoms with Gasteiger partial charge in [0.15, 0.2) is 0 Å². The normalized spacial score (nSPS) is 12.2. The van der Waals surface area contributed by atoms with E-state index >= 15 is 0 Å². The molecule has 5 nitrogen and oxygen atoms in total. The van der Waals surface area contributed by atoms with E-state index in [0.717, 1.165) is 4.88 Å². The lowest BCUT2D eigenvalue weighted by Crippen LogP contribution is -2.36. The molecular weight excluding hydrogens is 374 g/mol. The number of rotatable bonds is 5. The van der Waals surface area contributed by atoms with Gasteiger partial charge in [-0.3, -0.25) is 0 Å². The Morgan fingerprint density at radius 2 is 2.19 bits per heavy atom. The van der Waals surface area contributed by atoms with Crippen molar-refractivity contribution in [3.05, 3.63) is 39.1 Å². The lowest BCUT2D eigenvalue weighted by molar-refractivity contribution is 0.350. The average molecular weight is 390 g/mol. The maximum absolute atomic E-state index is 12.9. The number of nitrogens with zero attached hydrogens (tertiary/aromatic N) is 2. The first kappa shape index (κ1) is 16.4. The van der Waals surface area contributed by atoms with Crippen LogP contribution in [0.2, 0.25) is 0 Å². The van der Waals surface area contributed by atoms with E-state index in [1.807, 2.05) is 31.4 Å². The largest absolute Gasteiger partial charge is 0.383 e. The smallest absolute Gasteiger partial charge is 0.247 e. The molecule has 0 amide bonds. The minimum atomic E-state index is -3.71. The fourth-order valence-corrected chi connectivity index (χ4v) is 4.84. The first-order valence-corrected chi connectivity index (χ1v) is 9.39. The Morgan fingerprint density at radius 1 is 1.48 bits per heavy atom. The molecule has 0 aliphatic heterocycles. The van der Waals surface area contributed by atoms with Gasteiger partial charge in [-0.1, -0.05) is 6.07 Å². The Balaban J connectivity index is 2.45. The Hall–Kier alpha value is -0.960. The number of halogens is 1. The van der Waals surface area contributed by atoms with Crippen molar-refractivity contribution in [1.82, 2.24) is 9.29 Å². The zero-order chi connectivity index (χ0) is 15.6. The number of hydrogen-bond donors (Lipinski definition) is 1. The molecule has 0 aliphatic carbocycles. The molecule has 0 radical (unpaired) electrons. The number of hydrogen-bond acceptors (Lipinski definition) is 5. The fraction of sp³-hybridized carbons (Fsp3) is 0.308. The number of nitrogen functional groups attached to an aromatic ring is 1. The zero-order valence-electron chi connectivity index (χ0n) is 11.7. The van der Waals surface area contributed by atoms with Gasteiger partial charge in [0.05, 0.1) is 0 Å². The summed E-state index contributed by atoms with van der Waals surface area (Å²) in [6.07, 6.45) is 1.48. The van der Waals surface area contributed by atoms with Crippen LogP contribution >= 0.6 is 27.3 Å². The van der Waals surface area contributed by atoms with Crippen LogP contribution in [0.1, 0.15) is 18.7 Å². The van der Waals surface area contributed by atoms with Gasteiger partial charge in [-0.2, -0.15) is 4.31 Å². The van der Waals surface area contributed by atoms with Gasteiger partial charge < -0.3 is 5.73 Å². The second-order valence-electron chi connectivity index (χ2n) is 4.76. The number of aromatic nitrogens is 1. The van der Waals surface area contributed by atoms with E-state index in [2.05, 4.69) is 20.9 Å². The van der Waals surface area contributed by atoms with Gasteiger partial charge in [-0.15, -0.1) is 11.3 Å². The SMILES string of the molecule is CC(C)N(Cc1cccs1)S(=O)(=O)c1cc(Br)cnc1N. The molecule has 21 heavy (non-hydrogen) atoms. The molecule has 114 valence electrons. The minimum Gasteiger partial charge on any atom is -0.383 e. The molecule has 2 aromatic rings. The average Bonchev–Trinajstić information content (AvgIpc) is 2.91. The van der Waals surface area contributed by atoms with Crippen LogP contribution < -0.4 is 5.73 Å². The van der Waals surface area contributed by atoms with Crippen LogP contribution in [0.3, 0.4) is 0 Å². The number of thiophene rings is 1. The Kier molecular flexibility index (Phi) is 5.03. The van der Waals surface area contributed by atoms with E-state index in [1.165, 1.54) is 27.9 Å². The zero-order valence-corrected chi connectivity index (χ0v) is 14.9. The fourth-order valence-electron chi connectivity index (χ4n) is 1.87. The summed E-state index contributed by atoms with van der Waals surface area (Å²) >= 11 is 4.76. The van der Waals surface area contributed by atoms with Crippen molar-refractivity contribution in [2.75, 3.05) is 5.73 Å². The Bertz CT molecular complexity index is 715. The van der Waals surface area contributed by atoms with Crippen molar-refractivity contribution in [2.45, 2.75) is 31.3 Å². The lowest BCUT2D eigenvalue weighted by Gasteiger charge is -2.25. The van der Waals surface area contributed by atoms with Crippen molar-refractivity contribution in [2.24, 2.45) is 0 Å². The highest BCUT2D eigenvalue weighted by atomic mass is 79.9. The molecule has 0 aromatic carbocycles. The third-order valence-electron chi connectivity index (χ3n) is 2.90. The topological polar surface area (TPSA) is 76.3 Å². The van der Waals surface area contributed by atoms with Crippen LogP contribution in [-0.4, -0.2) is 23.7 Å². The van der Waals surface area contributed by atoms with Crippen LogP contribution in [0.5, 0.6) is 0 Å². The minimum absolute atomic E-state index is 0.00929. The van der Waals surface area contributed by atoms with Crippen LogP contribution in [0.25, 0.3) is 0 Å². The van der Waals surface area contributed by atoms with Gasteiger partial charge in [-0.25, -0.2) is 13.4 Å². The third-order valence-corrected chi connectivity index (χ3v) is 6.25. The molecule has 2 heterocycles. The molecule has 0 unspecified atom stereocenters. The number of sulfonamides is 1. The maximum Gasteiger partial charge on any atom is 0.247 e. The summed E-state index contributed by atoms with van der Waals surface area (Å²) in [6.45, 7) is 4.00. The lowest BCUT2D eigenvalue weighted by atomic mass is 10.4. The highest BCUT2D eigenvalue weighted by Crippen LogP contribution is 2.27. The molecule has 2 N–H and O–H groups in total. The Labute approximate surface area is 137 Å². The van der Waals surface area contributed by atoms with E-state index in [0.29, 0.717) is 11.0 Å². The summed E-state index contributed by atoms with van der Waals surface area (Å²) in [4.78, 5) is 4.92. The molecule has 0 spiro atoms. The van der Waals surface area contributed by atoms with Crippen molar-refractivity contribution in [3.8, 4) is 0 Å². The summed E-state index contributed by atoms with van der Waals surface area (Å²) in [5.41, 5.74) is 5.75. The number of nitrogens with two attached hydrogens (primary N) is 1. The van der Waals surface area contributed by atoms with E-state index in [4.69, 9.17) is 5.73 Å². The molecule has 2 aromatic heterocycles. The van der Waals surface area contributed by atoms with Crippen molar-refractivity contribution >= 4 is 43.1 Å². The first-order valence-electron chi connectivity index (χ1n) is 6.27.